The molecule has 36 heavy (non-hydrogen) atoms. The topological polar surface area (TPSA) is 102 Å². The highest BCUT2D eigenvalue weighted by molar-refractivity contribution is 6.34. The number of nitrogens with zero attached hydrogens (tertiary/aromatic N) is 4. The molecule has 1 aliphatic rings. The lowest BCUT2D eigenvalue weighted by Crippen LogP contribution is -2.18. The largest absolute Gasteiger partial charge is 0.447 e. The fourth-order valence-electron chi connectivity index (χ4n) is 4.12. The Hall–Kier alpha value is -4.09. The van der Waals surface area contributed by atoms with Gasteiger partial charge in [-0.2, -0.15) is 5.26 Å². The molecule has 8 nitrogen and oxygen atoms in total. The van der Waals surface area contributed by atoms with Crippen molar-refractivity contribution < 1.29 is 14.3 Å². The van der Waals surface area contributed by atoms with Gasteiger partial charge in [0.25, 0.3) is 0 Å². The zero-order valence-electron chi connectivity index (χ0n) is 19.9. The molecule has 0 atom stereocenters. The molecule has 0 saturated heterocycles. The van der Waals surface area contributed by atoms with Crippen LogP contribution in [0, 0.1) is 17.2 Å². The maximum absolute atomic E-state index is 12.0. The van der Waals surface area contributed by atoms with Crippen LogP contribution in [0.4, 0.5) is 10.5 Å². The van der Waals surface area contributed by atoms with E-state index in [1.165, 1.54) is 0 Å². The van der Waals surface area contributed by atoms with Gasteiger partial charge in [0.05, 0.1) is 33.6 Å². The summed E-state index contributed by atoms with van der Waals surface area (Å²) in [5.74, 6) is 1.13. The Morgan fingerprint density at radius 3 is 2.67 bits per heavy atom. The van der Waals surface area contributed by atoms with E-state index in [-0.39, 0.29) is 12.1 Å². The molecule has 0 aliphatic heterocycles. The number of benzene rings is 2. The molecule has 1 aliphatic carbocycles. The van der Waals surface area contributed by atoms with Crippen molar-refractivity contribution in [2.75, 3.05) is 5.32 Å². The first-order valence-electron chi connectivity index (χ1n) is 11.7. The first-order chi connectivity index (χ1) is 17.4. The number of amides is 1. The van der Waals surface area contributed by atoms with Crippen molar-refractivity contribution in [2.45, 2.75) is 39.3 Å². The van der Waals surface area contributed by atoms with Crippen LogP contribution in [0.1, 0.15) is 32.3 Å². The lowest BCUT2D eigenvalue weighted by molar-refractivity contribution is 0.130. The number of aromatic nitrogens is 3. The molecule has 1 fully saturated rings. The van der Waals surface area contributed by atoms with Crippen molar-refractivity contribution in [1.82, 2.24) is 14.5 Å². The van der Waals surface area contributed by atoms with Gasteiger partial charge in [0.1, 0.15) is 11.8 Å². The highest BCUT2D eigenvalue weighted by Crippen LogP contribution is 2.41. The van der Waals surface area contributed by atoms with Gasteiger partial charge in [-0.25, -0.2) is 14.8 Å². The summed E-state index contributed by atoms with van der Waals surface area (Å²) in [6.45, 7) is 4.32. The molecule has 2 aromatic carbocycles. The van der Waals surface area contributed by atoms with E-state index >= 15 is 0 Å². The van der Waals surface area contributed by atoms with Crippen molar-refractivity contribution in [1.29, 1.82) is 5.26 Å². The van der Waals surface area contributed by atoms with E-state index in [1.807, 2.05) is 24.3 Å². The zero-order valence-corrected chi connectivity index (χ0v) is 20.6. The van der Waals surface area contributed by atoms with Crippen molar-refractivity contribution in [3.8, 4) is 29.1 Å². The minimum Gasteiger partial charge on any atom is -0.447 e. The van der Waals surface area contributed by atoms with Gasteiger partial charge < -0.3 is 14.0 Å². The number of carbonyl (C=O) groups excluding carboxylic acids is 1. The Labute approximate surface area is 213 Å². The molecule has 182 valence electrons. The average molecular weight is 502 g/mol. The molecule has 4 aromatic rings. The highest BCUT2D eigenvalue weighted by atomic mass is 35.5. The van der Waals surface area contributed by atoms with Crippen molar-refractivity contribution >= 4 is 34.3 Å². The molecular weight excluding hydrogens is 478 g/mol. The normalized spacial score (nSPS) is 13.0. The first-order valence-corrected chi connectivity index (χ1v) is 12.1. The molecule has 5 rings (SSSR count). The first kappa shape index (κ1) is 23.6. The Bertz CT molecular complexity index is 1470. The Kier molecular flexibility index (Phi) is 6.49. The van der Waals surface area contributed by atoms with Crippen LogP contribution in [0.2, 0.25) is 5.02 Å². The third kappa shape index (κ3) is 4.97. The van der Waals surface area contributed by atoms with E-state index in [4.69, 9.17) is 21.1 Å². The minimum atomic E-state index is -0.574. The number of nitrogens with one attached hydrogen (secondary N) is 1. The van der Waals surface area contributed by atoms with E-state index in [2.05, 4.69) is 25.9 Å². The predicted molar refractivity (Wildman–Crippen MR) is 137 cm³/mol. The van der Waals surface area contributed by atoms with Crippen molar-refractivity contribution in [3.63, 3.8) is 0 Å². The number of ether oxygens (including phenoxy) is 2. The monoisotopic (exact) mass is 501 g/mol. The number of anilines is 1. The van der Waals surface area contributed by atoms with Gasteiger partial charge in [0, 0.05) is 36.0 Å². The van der Waals surface area contributed by atoms with Crippen LogP contribution in [-0.4, -0.2) is 26.7 Å². The third-order valence-electron chi connectivity index (χ3n) is 5.86. The minimum absolute atomic E-state index is 0.248. The van der Waals surface area contributed by atoms with Gasteiger partial charge in [0.15, 0.2) is 0 Å². The molecule has 1 N–H and O–H groups in total. The van der Waals surface area contributed by atoms with E-state index in [9.17, 15) is 10.1 Å². The standard InChI is InChI=1S/C27H24ClN5O3/c1-16(2)35-27(34)32-23-9-6-18(12-22(23)28)25-21(14-29)20-8-7-19(36-26-30-10-3-11-31-26)13-24(20)33(25)15-17-4-5-17/h3,6-13,16-17H,4-5,15H2,1-2H3,(H,32,34). The van der Waals surface area contributed by atoms with Gasteiger partial charge in [-0.05, 0) is 62.9 Å². The maximum atomic E-state index is 12.0. The molecule has 0 unspecified atom stereocenters. The van der Waals surface area contributed by atoms with E-state index in [0.717, 1.165) is 41.5 Å². The summed E-state index contributed by atoms with van der Waals surface area (Å²) in [7, 11) is 0. The molecule has 9 heteroatoms. The molecular formula is C27H24ClN5O3. The van der Waals surface area contributed by atoms with Crippen LogP contribution >= 0.6 is 11.6 Å². The Morgan fingerprint density at radius 2 is 2.00 bits per heavy atom. The van der Waals surface area contributed by atoms with E-state index < -0.39 is 6.09 Å². The van der Waals surface area contributed by atoms with Gasteiger partial charge in [-0.15, -0.1) is 0 Å². The molecule has 1 saturated carbocycles. The van der Waals surface area contributed by atoms with Crippen molar-refractivity contribution in [2.24, 2.45) is 5.92 Å². The van der Waals surface area contributed by atoms with Gasteiger partial charge in [-0.3, -0.25) is 5.32 Å². The van der Waals surface area contributed by atoms with Gasteiger partial charge >= 0.3 is 12.1 Å². The number of fused-ring (bicyclic) bond motifs is 1. The number of hydrogen-bond acceptors (Lipinski definition) is 6. The lowest BCUT2D eigenvalue weighted by atomic mass is 10.1. The summed E-state index contributed by atoms with van der Waals surface area (Å²) >= 11 is 6.54. The van der Waals surface area contributed by atoms with Crippen LogP contribution in [0.25, 0.3) is 22.2 Å². The maximum Gasteiger partial charge on any atom is 0.411 e. The van der Waals surface area contributed by atoms with Crippen LogP contribution in [0.15, 0.2) is 54.9 Å². The molecule has 0 spiro atoms. The molecule has 0 bridgehead atoms. The summed E-state index contributed by atoms with van der Waals surface area (Å²) in [5.41, 5.74) is 3.45. The summed E-state index contributed by atoms with van der Waals surface area (Å²) in [6.07, 6.45) is 4.71. The number of halogens is 1. The van der Waals surface area contributed by atoms with E-state index in [1.54, 1.807) is 44.4 Å². The van der Waals surface area contributed by atoms with Gasteiger partial charge in [-0.1, -0.05) is 17.7 Å². The number of hydrogen-bond donors (Lipinski definition) is 1. The second-order valence-corrected chi connectivity index (χ2v) is 9.38. The fraction of sp³-hybridized carbons (Fsp3) is 0.259. The Morgan fingerprint density at radius 1 is 1.22 bits per heavy atom. The smallest absolute Gasteiger partial charge is 0.411 e. The predicted octanol–water partition coefficient (Wildman–Crippen LogP) is 6.78. The number of nitriles is 1. The number of rotatable bonds is 7. The van der Waals surface area contributed by atoms with Crippen LogP contribution in [0.5, 0.6) is 11.8 Å². The molecule has 2 aromatic heterocycles. The Balaban J connectivity index is 1.57. The SMILES string of the molecule is CC(C)OC(=O)Nc1ccc(-c2c(C#N)c3ccc(Oc4ncccn4)cc3n2CC2CC2)cc1Cl. The van der Waals surface area contributed by atoms with Gasteiger partial charge in [0.2, 0.25) is 0 Å². The van der Waals surface area contributed by atoms with Crippen molar-refractivity contribution in [3.05, 3.63) is 65.4 Å². The van der Waals surface area contributed by atoms with Crippen LogP contribution in [-0.2, 0) is 11.3 Å². The zero-order chi connectivity index (χ0) is 25.2. The lowest BCUT2D eigenvalue weighted by Gasteiger charge is -2.14. The fourth-order valence-corrected chi connectivity index (χ4v) is 4.34. The summed E-state index contributed by atoms with van der Waals surface area (Å²) < 4.78 is 13.2. The summed E-state index contributed by atoms with van der Waals surface area (Å²) in [4.78, 5) is 20.3. The van der Waals surface area contributed by atoms with Crippen LogP contribution < -0.4 is 10.1 Å². The summed E-state index contributed by atoms with van der Waals surface area (Å²) in [5, 5.41) is 14.0. The quantitative estimate of drug-likeness (QED) is 0.299. The van der Waals surface area contributed by atoms with E-state index in [0.29, 0.717) is 27.9 Å². The molecule has 0 radical (unpaired) electrons. The second-order valence-electron chi connectivity index (χ2n) is 8.98. The average Bonchev–Trinajstić information content (AvgIpc) is 3.62. The highest BCUT2D eigenvalue weighted by Gasteiger charge is 2.27. The second kappa shape index (κ2) is 9.88. The van der Waals surface area contributed by atoms with Crippen LogP contribution in [0.3, 0.4) is 0 Å². The summed E-state index contributed by atoms with van der Waals surface area (Å²) in [6, 6.07) is 15.3. The molecule has 1 amide bonds. The molecule has 2 heterocycles. The number of carbonyl (C=O) groups is 1. The third-order valence-corrected chi connectivity index (χ3v) is 6.17.